The smallest absolute Gasteiger partial charge is 0.185 e. The number of ether oxygens (including phenoxy) is 1. The molecular formula is C75H64N4OSi. The highest BCUT2D eigenvalue weighted by Gasteiger charge is 2.55. The van der Waals surface area contributed by atoms with Crippen LogP contribution in [0.5, 0.6) is 11.5 Å². The third-order valence-electron chi connectivity index (χ3n) is 16.2. The molecule has 0 aliphatic carbocycles. The highest BCUT2D eigenvalue weighted by Crippen LogP contribution is 2.52. The second-order valence-electron chi connectivity index (χ2n) is 23.1. The van der Waals surface area contributed by atoms with Crippen molar-refractivity contribution in [3.8, 4) is 56.0 Å². The molecule has 0 fully saturated rings. The largest absolute Gasteiger partial charge is 0.457 e. The van der Waals surface area contributed by atoms with E-state index in [2.05, 4.69) is 130 Å². The van der Waals surface area contributed by atoms with Gasteiger partial charge in [0.15, 0.2) is 8.07 Å². The average Bonchev–Trinajstić information content (AvgIpc) is 1.47. The predicted molar refractivity (Wildman–Crippen MR) is 342 cm³/mol. The summed E-state index contributed by atoms with van der Waals surface area (Å²) >= 11 is 0. The number of nitrogens with zero attached hydrogens (tertiary/aromatic N) is 4. The maximum atomic E-state index is 9.35. The fourth-order valence-corrected chi connectivity index (χ4v) is 17.8. The zero-order chi connectivity index (χ0) is 66.4. The van der Waals surface area contributed by atoms with Crippen LogP contribution >= 0.6 is 0 Å². The van der Waals surface area contributed by atoms with E-state index in [1.165, 1.54) is 17.4 Å². The summed E-state index contributed by atoms with van der Waals surface area (Å²) in [4.78, 5) is 11.3. The second-order valence-corrected chi connectivity index (χ2v) is 26.7. The van der Waals surface area contributed by atoms with Crippen molar-refractivity contribution < 1.29 is 22.6 Å². The van der Waals surface area contributed by atoms with Gasteiger partial charge in [-0.05, 0) is 125 Å². The summed E-state index contributed by atoms with van der Waals surface area (Å²) in [5, 5.41) is 4.42. The summed E-state index contributed by atoms with van der Waals surface area (Å²) in [6.45, 7) is 10.6. The molecule has 3 aliphatic rings. The maximum absolute atomic E-state index is 9.35. The summed E-state index contributed by atoms with van der Waals surface area (Å²) < 4.78 is 122. The third kappa shape index (κ3) is 8.30. The Morgan fingerprint density at radius 2 is 1.07 bits per heavy atom. The van der Waals surface area contributed by atoms with Crippen LogP contribution in [0.4, 0.5) is 39.9 Å². The fourth-order valence-electron chi connectivity index (χ4n) is 12.3. The molecule has 394 valence electrons. The molecule has 1 atom stereocenters. The van der Waals surface area contributed by atoms with Gasteiger partial charge >= 0.3 is 0 Å². The number of anilines is 7. The van der Waals surface area contributed by atoms with Gasteiger partial charge in [0.2, 0.25) is 0 Å². The van der Waals surface area contributed by atoms with Crippen molar-refractivity contribution in [1.29, 1.82) is 0 Å². The molecule has 11 aromatic rings. The van der Waals surface area contributed by atoms with E-state index in [4.69, 9.17) is 24.8 Å². The minimum atomic E-state index is -3.23. The molecule has 81 heavy (non-hydrogen) atoms. The first-order valence-corrected chi connectivity index (χ1v) is 29.3. The molecule has 0 N–H and O–H groups in total. The minimum Gasteiger partial charge on any atom is -0.457 e. The lowest BCUT2D eigenvalue weighted by Gasteiger charge is -2.43. The Balaban J connectivity index is 0.922. The van der Waals surface area contributed by atoms with Crippen molar-refractivity contribution in [2.75, 3.05) is 21.4 Å². The molecule has 0 radical (unpaired) electrons. The van der Waals surface area contributed by atoms with Gasteiger partial charge in [0.25, 0.3) is 0 Å². The Morgan fingerprint density at radius 1 is 0.481 bits per heavy atom. The van der Waals surface area contributed by atoms with E-state index < -0.39 is 63.3 Å². The third-order valence-corrected chi connectivity index (χ3v) is 21.1. The molecular weight excluding hydrogens is 1000 g/mol. The first kappa shape index (κ1) is 37.6. The number of benzene rings is 10. The number of fused-ring (bicyclic) bond motifs is 6. The SMILES string of the molecule is [2H]c1c([2H])c([2H])c(-c2cnc(N3c4cc(Oc5cccc(N6CN(c7c(-c8cc(C(C)(C)C)cc(C(C)(C)C)c8)cccc7-c7c([2H])c([2H])c([2H])c([2H])c7[2H])c7ccccc76)c5)ccc4[Si]4(c5ccccc5)c5ccccc5-c5cccc3c54)cc2C([2H])([2H])[2H])c([2H])c1[2H]. The van der Waals surface area contributed by atoms with Crippen LogP contribution in [-0.2, 0) is 10.8 Å². The van der Waals surface area contributed by atoms with Crippen molar-refractivity contribution in [2.45, 2.75) is 59.2 Å². The second kappa shape index (κ2) is 19.3. The number of aromatic nitrogens is 1. The van der Waals surface area contributed by atoms with Gasteiger partial charge < -0.3 is 14.5 Å². The molecule has 10 aromatic carbocycles. The lowest BCUT2D eigenvalue weighted by atomic mass is 9.78. The van der Waals surface area contributed by atoms with E-state index in [-0.39, 0.29) is 57.7 Å². The molecule has 5 nitrogen and oxygen atoms in total. The van der Waals surface area contributed by atoms with E-state index in [0.717, 1.165) is 71.7 Å². The highest BCUT2D eigenvalue weighted by atomic mass is 28.3. The number of pyridine rings is 1. The Labute approximate surface area is 496 Å². The molecule has 14 rings (SSSR count). The van der Waals surface area contributed by atoms with Gasteiger partial charge in [0.05, 0.1) is 36.5 Å². The van der Waals surface area contributed by atoms with E-state index in [1.807, 2.05) is 102 Å². The number of rotatable bonds is 9. The topological polar surface area (TPSA) is 31.8 Å². The molecule has 0 saturated carbocycles. The van der Waals surface area contributed by atoms with Gasteiger partial charge in [-0.15, -0.1) is 0 Å². The van der Waals surface area contributed by atoms with Crippen LogP contribution in [0.2, 0.25) is 0 Å². The molecule has 6 heteroatoms. The normalized spacial score (nSPS) is 17.5. The molecule has 1 aromatic heterocycles. The predicted octanol–water partition coefficient (Wildman–Crippen LogP) is 17.2. The summed E-state index contributed by atoms with van der Waals surface area (Å²) in [7, 11) is -3.23. The van der Waals surface area contributed by atoms with E-state index in [9.17, 15) is 2.74 Å². The summed E-state index contributed by atoms with van der Waals surface area (Å²) in [5.74, 6) is 1.19. The van der Waals surface area contributed by atoms with Crippen molar-refractivity contribution >= 4 is 68.8 Å². The lowest BCUT2D eigenvalue weighted by molar-refractivity contribution is 0.483. The zero-order valence-electron chi connectivity index (χ0n) is 58.8. The van der Waals surface area contributed by atoms with Crippen LogP contribution in [0, 0.1) is 6.85 Å². The number of hydrogen-bond donors (Lipinski definition) is 0. The van der Waals surface area contributed by atoms with Crippen molar-refractivity contribution in [3.05, 3.63) is 265 Å². The molecule has 0 saturated heterocycles. The van der Waals surface area contributed by atoms with Gasteiger partial charge in [0.1, 0.15) is 24.0 Å². The Hall–Kier alpha value is -9.23. The molecule has 0 amide bonds. The minimum absolute atomic E-state index is 0.0955. The van der Waals surface area contributed by atoms with Gasteiger partial charge in [-0.25, -0.2) is 4.98 Å². The summed E-state index contributed by atoms with van der Waals surface area (Å²) in [6.07, 6.45) is 1.31. The quantitative estimate of drug-likeness (QED) is 0.135. The Bertz CT molecular complexity index is 4900. The van der Waals surface area contributed by atoms with Crippen molar-refractivity contribution in [2.24, 2.45) is 0 Å². The van der Waals surface area contributed by atoms with E-state index in [0.29, 0.717) is 28.4 Å². The van der Waals surface area contributed by atoms with Crippen LogP contribution in [0.25, 0.3) is 44.5 Å². The molecule has 0 bridgehead atoms. The number of aryl methyl sites for hydroxylation is 1. The Morgan fingerprint density at radius 3 is 1.79 bits per heavy atom. The average molecular weight is 1080 g/mol. The van der Waals surface area contributed by atoms with Crippen molar-refractivity contribution in [1.82, 2.24) is 4.98 Å². The van der Waals surface area contributed by atoms with Crippen LogP contribution < -0.4 is 40.2 Å². The van der Waals surface area contributed by atoms with Gasteiger partial charge in [0, 0.05) is 50.5 Å². The monoisotopic (exact) mass is 1080 g/mol. The standard InChI is InChI=1S/C75H64N4OSi/c1-50-42-71(76-48-64(50)52-26-13-9-14-27-52)79-67-38-23-35-63-62-32-17-20-39-69(62)81(73(63)67,59-30-15-10-16-31-59)70-41-40-58(47-68(70)79)80-57-29-21-28-56(46-57)77-49-78(66-37-19-18-36-65(66)77)72-60(51-24-11-8-12-25-51)33-22-34-61(72)53-43-54(74(2,3)4)45-55(44-53)75(5,6)7/h8-48H,49H2,1-7H3/i1D3,8D,9D,11D,12D,13D,14D,24D,25D,26D,27D. The first-order valence-electron chi connectivity index (χ1n) is 33.8. The lowest BCUT2D eigenvalue weighted by Crippen LogP contribution is -2.75. The molecule has 3 aliphatic heterocycles. The molecule has 4 heterocycles. The van der Waals surface area contributed by atoms with Gasteiger partial charge in [-0.2, -0.15) is 0 Å². The molecule has 1 unspecified atom stereocenters. The van der Waals surface area contributed by atoms with Gasteiger partial charge in [-0.1, -0.05) is 229 Å². The summed E-state index contributed by atoms with van der Waals surface area (Å²) in [6, 6.07) is 56.2. The van der Waals surface area contributed by atoms with Crippen LogP contribution in [0.15, 0.2) is 249 Å². The van der Waals surface area contributed by atoms with Crippen molar-refractivity contribution in [3.63, 3.8) is 0 Å². The van der Waals surface area contributed by atoms with E-state index in [1.54, 1.807) is 0 Å². The number of hydrogen-bond acceptors (Lipinski definition) is 5. The van der Waals surface area contributed by atoms with E-state index >= 15 is 0 Å². The first-order chi connectivity index (χ1) is 44.7. The molecule has 0 spiro atoms. The maximum Gasteiger partial charge on any atom is 0.185 e. The Kier molecular flexibility index (Phi) is 8.94. The zero-order valence-corrected chi connectivity index (χ0v) is 46.8. The van der Waals surface area contributed by atoms with Crippen LogP contribution in [-0.4, -0.2) is 19.7 Å². The summed E-state index contributed by atoms with van der Waals surface area (Å²) in [5.41, 5.74) is 10.3. The van der Waals surface area contributed by atoms with Gasteiger partial charge in [-0.3, -0.25) is 4.90 Å². The van der Waals surface area contributed by atoms with Crippen LogP contribution in [0.3, 0.4) is 0 Å². The fraction of sp³-hybridized carbons (Fsp3) is 0.133. The number of para-hydroxylation sites is 3. The highest BCUT2D eigenvalue weighted by molar-refractivity contribution is 7.23. The van der Waals surface area contributed by atoms with Crippen LogP contribution in [0.1, 0.15) is 76.1 Å².